The molecule has 0 amide bonds. The Labute approximate surface area is 338 Å². The zero-order valence-corrected chi connectivity index (χ0v) is 35.3. The number of rotatable bonds is 38. The number of hydrogen-bond acceptors (Lipinski definition) is 9. The maximum atomic E-state index is 12.6. The summed E-state index contributed by atoms with van der Waals surface area (Å²) >= 11 is 0. The summed E-state index contributed by atoms with van der Waals surface area (Å²) in [6.45, 7) is 2.60. The minimum Gasteiger partial charge on any atom is -0.480 e. The molecular formula is C44H74NO10P. The van der Waals surface area contributed by atoms with Crippen LogP contribution in [0.4, 0.5) is 0 Å². The van der Waals surface area contributed by atoms with Crippen molar-refractivity contribution in [2.24, 2.45) is 5.73 Å². The topological polar surface area (TPSA) is 172 Å². The van der Waals surface area contributed by atoms with Gasteiger partial charge in [0.15, 0.2) is 6.10 Å². The summed E-state index contributed by atoms with van der Waals surface area (Å²) in [7, 11) is -4.73. The minimum absolute atomic E-state index is 0.136. The van der Waals surface area contributed by atoms with Gasteiger partial charge in [0.05, 0.1) is 13.2 Å². The molecule has 0 radical (unpaired) electrons. The van der Waals surface area contributed by atoms with E-state index in [2.05, 4.69) is 79.1 Å². The summed E-state index contributed by atoms with van der Waals surface area (Å²) in [6.07, 6.45) is 45.4. The van der Waals surface area contributed by atoms with Gasteiger partial charge in [-0.3, -0.25) is 23.4 Å². The number of phosphoric ester groups is 1. The van der Waals surface area contributed by atoms with E-state index in [1.54, 1.807) is 0 Å². The van der Waals surface area contributed by atoms with Gasteiger partial charge in [-0.05, 0) is 77.0 Å². The van der Waals surface area contributed by atoms with Crippen LogP contribution < -0.4 is 5.73 Å². The molecule has 0 aliphatic rings. The molecule has 0 saturated carbocycles. The Balaban J connectivity index is 4.51. The van der Waals surface area contributed by atoms with Crippen LogP contribution in [0.15, 0.2) is 72.9 Å². The number of carboxylic acid groups (broad SMARTS) is 1. The lowest BCUT2D eigenvalue weighted by Crippen LogP contribution is -2.34. The number of hydrogen-bond donors (Lipinski definition) is 3. The Bertz CT molecular complexity index is 1230. The van der Waals surface area contributed by atoms with E-state index in [-0.39, 0.29) is 19.4 Å². The summed E-state index contributed by atoms with van der Waals surface area (Å²) in [5, 5.41) is 8.88. The van der Waals surface area contributed by atoms with Crippen molar-refractivity contribution in [3.8, 4) is 0 Å². The molecule has 12 heteroatoms. The Hall–Kier alpha value is -3.08. The molecule has 0 heterocycles. The van der Waals surface area contributed by atoms with Crippen molar-refractivity contribution in [2.75, 3.05) is 19.8 Å². The van der Waals surface area contributed by atoms with Crippen LogP contribution in [0.2, 0.25) is 0 Å². The van der Waals surface area contributed by atoms with Crippen LogP contribution in [0, 0.1) is 0 Å². The molecule has 320 valence electrons. The highest BCUT2D eigenvalue weighted by atomic mass is 31.2. The summed E-state index contributed by atoms with van der Waals surface area (Å²) in [5.41, 5.74) is 5.32. The lowest BCUT2D eigenvalue weighted by Gasteiger charge is -2.20. The van der Waals surface area contributed by atoms with Gasteiger partial charge in [0.2, 0.25) is 0 Å². The highest BCUT2D eigenvalue weighted by Gasteiger charge is 2.28. The van der Waals surface area contributed by atoms with Crippen LogP contribution >= 0.6 is 7.82 Å². The number of allylic oxidation sites excluding steroid dienone is 12. The molecule has 0 aromatic rings. The fraction of sp³-hybridized carbons (Fsp3) is 0.659. The average molecular weight is 808 g/mol. The maximum Gasteiger partial charge on any atom is 0.472 e. The van der Waals surface area contributed by atoms with Crippen molar-refractivity contribution >= 4 is 25.7 Å². The molecule has 0 fully saturated rings. The predicted molar refractivity (Wildman–Crippen MR) is 226 cm³/mol. The Kier molecular flexibility index (Phi) is 36.6. The maximum absolute atomic E-state index is 12.6. The number of carbonyl (C=O) groups is 3. The lowest BCUT2D eigenvalue weighted by atomic mass is 10.1. The lowest BCUT2D eigenvalue weighted by molar-refractivity contribution is -0.161. The highest BCUT2D eigenvalue weighted by Crippen LogP contribution is 2.43. The Morgan fingerprint density at radius 1 is 0.571 bits per heavy atom. The van der Waals surface area contributed by atoms with E-state index in [1.165, 1.54) is 38.5 Å². The summed E-state index contributed by atoms with van der Waals surface area (Å²) in [5.74, 6) is -2.47. The quantitative estimate of drug-likeness (QED) is 0.0235. The van der Waals surface area contributed by atoms with Gasteiger partial charge in [-0.15, -0.1) is 0 Å². The molecule has 0 rings (SSSR count). The van der Waals surface area contributed by atoms with Gasteiger partial charge in [0, 0.05) is 12.8 Å². The first kappa shape index (κ1) is 52.9. The first-order valence-corrected chi connectivity index (χ1v) is 22.5. The molecule has 3 atom stereocenters. The summed E-state index contributed by atoms with van der Waals surface area (Å²) in [4.78, 5) is 45.9. The molecule has 11 nitrogen and oxygen atoms in total. The first-order chi connectivity index (χ1) is 27.1. The molecule has 56 heavy (non-hydrogen) atoms. The predicted octanol–water partition coefficient (Wildman–Crippen LogP) is 10.9. The van der Waals surface area contributed by atoms with Crippen LogP contribution in [0.5, 0.6) is 0 Å². The Morgan fingerprint density at radius 2 is 1.02 bits per heavy atom. The van der Waals surface area contributed by atoms with Crippen molar-refractivity contribution in [1.82, 2.24) is 0 Å². The van der Waals surface area contributed by atoms with E-state index in [1.807, 2.05) is 12.2 Å². The van der Waals surface area contributed by atoms with Crippen molar-refractivity contribution < 1.29 is 47.5 Å². The van der Waals surface area contributed by atoms with Crippen LogP contribution in [-0.4, -0.2) is 59.9 Å². The molecule has 1 unspecified atom stereocenters. The number of esters is 2. The van der Waals surface area contributed by atoms with E-state index in [0.717, 1.165) is 70.6 Å². The van der Waals surface area contributed by atoms with Crippen molar-refractivity contribution in [3.63, 3.8) is 0 Å². The molecule has 0 saturated heterocycles. The SMILES string of the molecule is CC/C=C/C/C=C/C/C=C/C/C=C/C/C=C/CCCC(=O)OC[C@H](COP(=O)(O)OC[C@H](N)C(=O)O)OC(=O)CCCCCCC/C=C/CCCCCCCC. The van der Waals surface area contributed by atoms with Gasteiger partial charge in [-0.1, -0.05) is 138 Å². The third kappa shape index (κ3) is 37.8. The third-order valence-corrected chi connectivity index (χ3v) is 9.39. The molecule has 0 aliphatic heterocycles. The van der Waals surface area contributed by atoms with E-state index < -0.39 is 51.1 Å². The van der Waals surface area contributed by atoms with Crippen LogP contribution in [0.25, 0.3) is 0 Å². The minimum atomic E-state index is -4.73. The van der Waals surface area contributed by atoms with Gasteiger partial charge in [-0.25, -0.2) is 4.57 Å². The van der Waals surface area contributed by atoms with Gasteiger partial charge < -0.3 is 25.2 Å². The second kappa shape index (κ2) is 38.8. The van der Waals surface area contributed by atoms with E-state index in [0.29, 0.717) is 19.3 Å². The fourth-order valence-electron chi connectivity index (χ4n) is 5.15. The van der Waals surface area contributed by atoms with E-state index in [9.17, 15) is 23.8 Å². The second-order valence-corrected chi connectivity index (χ2v) is 15.2. The normalized spacial score (nSPS) is 14.5. The molecule has 0 aromatic carbocycles. The van der Waals surface area contributed by atoms with Crippen molar-refractivity contribution in [3.05, 3.63) is 72.9 Å². The number of ether oxygens (including phenoxy) is 2. The highest BCUT2D eigenvalue weighted by molar-refractivity contribution is 7.47. The van der Waals surface area contributed by atoms with Crippen LogP contribution in [0.3, 0.4) is 0 Å². The standard InChI is InChI=1S/C44H74NO10P/c1-3-5-7-9-11-13-15-17-19-20-22-23-25-27-29-31-33-35-42(46)52-37-40(38-53-56(50,51)54-39-41(45)44(48)49)55-43(47)36-34-32-30-28-26-24-21-18-16-14-12-10-8-6-4-2/h5,7,11,13,17-19,21-23,27,29,40-41H,3-4,6,8-10,12,14-16,20,24-26,28,30-39,45H2,1-2H3,(H,48,49)(H,50,51)/b7-5+,13-11+,19-17+,21-18+,23-22+,29-27+/t40-,41+/m1/s1. The smallest absolute Gasteiger partial charge is 0.472 e. The monoisotopic (exact) mass is 808 g/mol. The van der Waals surface area contributed by atoms with Crippen molar-refractivity contribution in [2.45, 2.75) is 167 Å². The van der Waals surface area contributed by atoms with Gasteiger partial charge >= 0.3 is 25.7 Å². The first-order valence-electron chi connectivity index (χ1n) is 21.0. The summed E-state index contributed by atoms with van der Waals surface area (Å²) in [6, 6.07) is -1.53. The number of carbonyl (C=O) groups excluding carboxylic acids is 2. The van der Waals surface area contributed by atoms with E-state index >= 15 is 0 Å². The number of aliphatic carboxylic acids is 1. The number of nitrogens with two attached hydrogens (primary N) is 1. The summed E-state index contributed by atoms with van der Waals surface area (Å²) < 4.78 is 32.6. The van der Waals surface area contributed by atoms with E-state index in [4.69, 9.17) is 24.8 Å². The molecule has 0 bridgehead atoms. The molecule has 4 N–H and O–H groups in total. The number of phosphoric acid groups is 1. The van der Waals surface area contributed by atoms with Crippen LogP contribution in [-0.2, 0) is 37.5 Å². The van der Waals surface area contributed by atoms with Gasteiger partial charge in [0.25, 0.3) is 0 Å². The molecule has 0 spiro atoms. The van der Waals surface area contributed by atoms with Gasteiger partial charge in [-0.2, -0.15) is 0 Å². The fourth-order valence-corrected chi connectivity index (χ4v) is 5.93. The number of carboxylic acids is 1. The Morgan fingerprint density at radius 3 is 1.57 bits per heavy atom. The number of unbranched alkanes of at least 4 members (excludes halogenated alkanes) is 12. The third-order valence-electron chi connectivity index (χ3n) is 8.44. The zero-order chi connectivity index (χ0) is 41.4. The molecular weight excluding hydrogens is 733 g/mol. The molecule has 0 aromatic heterocycles. The average Bonchev–Trinajstić information content (AvgIpc) is 3.17. The largest absolute Gasteiger partial charge is 0.480 e. The van der Waals surface area contributed by atoms with Gasteiger partial charge in [0.1, 0.15) is 12.6 Å². The van der Waals surface area contributed by atoms with Crippen LogP contribution in [0.1, 0.15) is 155 Å². The van der Waals surface area contributed by atoms with Crippen molar-refractivity contribution in [1.29, 1.82) is 0 Å². The zero-order valence-electron chi connectivity index (χ0n) is 34.4. The second-order valence-electron chi connectivity index (χ2n) is 13.7. The molecule has 0 aliphatic carbocycles.